The summed E-state index contributed by atoms with van der Waals surface area (Å²) in [5.74, 6) is -3.19. The Balaban J connectivity index is 2.64. The molecule has 0 saturated carbocycles. The molecule has 1 aromatic rings. The van der Waals surface area contributed by atoms with Crippen LogP contribution in [0.15, 0.2) is 18.3 Å². The number of halogens is 2. The first-order chi connectivity index (χ1) is 8.35. The normalized spacial score (nSPS) is 11.2. The zero-order valence-electron chi connectivity index (χ0n) is 10.2. The van der Waals surface area contributed by atoms with Gasteiger partial charge in [-0.25, -0.2) is 13.8 Å². The molecule has 7 heteroatoms. The molecule has 1 amide bonds. The van der Waals surface area contributed by atoms with Crippen LogP contribution < -0.4 is 5.32 Å². The van der Waals surface area contributed by atoms with Crippen LogP contribution in [0.1, 0.15) is 10.4 Å². The van der Waals surface area contributed by atoms with E-state index in [2.05, 4.69) is 10.3 Å². The van der Waals surface area contributed by atoms with E-state index in [1.54, 1.807) is 14.1 Å². The maximum atomic E-state index is 12.8. The average molecular weight is 259 g/mol. The topological polar surface area (TPSA) is 65.5 Å². The highest BCUT2D eigenvalue weighted by Gasteiger charge is 2.27. The summed E-state index contributed by atoms with van der Waals surface area (Å²) >= 11 is 0. The zero-order chi connectivity index (χ0) is 13.8. The van der Waals surface area contributed by atoms with E-state index in [0.717, 1.165) is 0 Å². The third-order valence-corrected chi connectivity index (χ3v) is 2.18. The fraction of sp³-hybridized carbons (Fsp3) is 0.455. The Labute approximate surface area is 103 Å². The SMILES string of the molecule is CN(C)C(=O)c1ccc(NCC(F)(F)CO)nc1. The van der Waals surface area contributed by atoms with Crippen molar-refractivity contribution in [1.82, 2.24) is 9.88 Å². The number of pyridine rings is 1. The van der Waals surface area contributed by atoms with Crippen molar-refractivity contribution in [2.45, 2.75) is 5.92 Å². The fourth-order valence-corrected chi connectivity index (χ4v) is 1.16. The summed E-state index contributed by atoms with van der Waals surface area (Å²) in [6, 6.07) is 2.93. The van der Waals surface area contributed by atoms with Gasteiger partial charge in [0.1, 0.15) is 12.4 Å². The van der Waals surface area contributed by atoms with Crippen molar-refractivity contribution in [3.05, 3.63) is 23.9 Å². The van der Waals surface area contributed by atoms with Gasteiger partial charge in [0, 0.05) is 20.3 Å². The third-order valence-electron chi connectivity index (χ3n) is 2.18. The van der Waals surface area contributed by atoms with Crippen molar-refractivity contribution in [2.24, 2.45) is 0 Å². The number of aliphatic hydroxyl groups excluding tert-OH is 1. The molecule has 0 aliphatic rings. The number of amides is 1. The number of rotatable bonds is 5. The van der Waals surface area contributed by atoms with Gasteiger partial charge in [-0.1, -0.05) is 0 Å². The summed E-state index contributed by atoms with van der Waals surface area (Å²) in [5.41, 5.74) is 0.375. The predicted molar refractivity (Wildman–Crippen MR) is 62.8 cm³/mol. The summed E-state index contributed by atoms with van der Waals surface area (Å²) < 4.78 is 25.5. The van der Waals surface area contributed by atoms with E-state index in [-0.39, 0.29) is 11.7 Å². The Kier molecular flexibility index (Phi) is 4.55. The van der Waals surface area contributed by atoms with E-state index < -0.39 is 19.1 Å². The van der Waals surface area contributed by atoms with E-state index in [1.165, 1.54) is 23.2 Å². The molecular formula is C11H15F2N3O2. The van der Waals surface area contributed by atoms with Gasteiger partial charge < -0.3 is 15.3 Å². The highest BCUT2D eigenvalue weighted by atomic mass is 19.3. The minimum absolute atomic E-state index is 0.213. The van der Waals surface area contributed by atoms with Crippen LogP contribution >= 0.6 is 0 Å². The van der Waals surface area contributed by atoms with Crippen LogP contribution in [0.3, 0.4) is 0 Å². The van der Waals surface area contributed by atoms with Crippen LogP contribution in [0.2, 0.25) is 0 Å². The molecule has 18 heavy (non-hydrogen) atoms. The molecule has 0 fully saturated rings. The maximum Gasteiger partial charge on any atom is 0.287 e. The molecule has 0 spiro atoms. The largest absolute Gasteiger partial charge is 0.390 e. The number of carbonyl (C=O) groups excluding carboxylic acids is 1. The molecule has 1 rings (SSSR count). The van der Waals surface area contributed by atoms with Gasteiger partial charge in [-0.05, 0) is 12.1 Å². The molecule has 0 atom stereocenters. The van der Waals surface area contributed by atoms with Crippen molar-refractivity contribution < 1.29 is 18.7 Å². The molecule has 0 bridgehead atoms. The molecule has 0 unspecified atom stereocenters. The van der Waals surface area contributed by atoms with E-state index in [9.17, 15) is 13.6 Å². The lowest BCUT2D eigenvalue weighted by Crippen LogP contribution is -2.31. The third kappa shape index (κ3) is 3.92. The van der Waals surface area contributed by atoms with Crippen molar-refractivity contribution in [1.29, 1.82) is 0 Å². The quantitative estimate of drug-likeness (QED) is 0.821. The number of nitrogens with zero attached hydrogens (tertiary/aromatic N) is 2. The van der Waals surface area contributed by atoms with Crippen molar-refractivity contribution in [3.63, 3.8) is 0 Å². The van der Waals surface area contributed by atoms with Crippen LogP contribution in [-0.4, -0.2) is 54.1 Å². The average Bonchev–Trinajstić information content (AvgIpc) is 2.36. The van der Waals surface area contributed by atoms with Gasteiger partial charge in [0.2, 0.25) is 0 Å². The molecule has 100 valence electrons. The summed E-state index contributed by atoms with van der Waals surface area (Å²) in [4.78, 5) is 16.8. The van der Waals surface area contributed by atoms with Gasteiger partial charge >= 0.3 is 0 Å². The number of aliphatic hydroxyl groups is 1. The minimum Gasteiger partial charge on any atom is -0.390 e. The van der Waals surface area contributed by atoms with E-state index in [4.69, 9.17) is 5.11 Å². The summed E-state index contributed by atoms with van der Waals surface area (Å²) in [6.07, 6.45) is 1.31. The van der Waals surface area contributed by atoms with Crippen LogP contribution in [-0.2, 0) is 0 Å². The smallest absolute Gasteiger partial charge is 0.287 e. The summed E-state index contributed by atoms with van der Waals surface area (Å²) in [7, 11) is 3.21. The number of hydrogen-bond acceptors (Lipinski definition) is 4. The lowest BCUT2D eigenvalue weighted by atomic mass is 10.2. The monoisotopic (exact) mass is 259 g/mol. The van der Waals surface area contributed by atoms with Gasteiger partial charge in [0.05, 0.1) is 12.1 Å². The second-order valence-corrected chi connectivity index (χ2v) is 4.00. The Morgan fingerprint density at radius 3 is 2.61 bits per heavy atom. The summed E-state index contributed by atoms with van der Waals surface area (Å²) in [5, 5.41) is 10.8. The molecule has 0 radical (unpaired) electrons. The molecule has 0 aromatic carbocycles. The molecule has 1 aromatic heterocycles. The lowest BCUT2D eigenvalue weighted by Gasteiger charge is -2.14. The molecular weight excluding hydrogens is 244 g/mol. The van der Waals surface area contributed by atoms with Crippen LogP contribution in [0.25, 0.3) is 0 Å². The molecule has 0 aliphatic heterocycles. The van der Waals surface area contributed by atoms with Gasteiger partial charge in [-0.15, -0.1) is 0 Å². The van der Waals surface area contributed by atoms with Gasteiger partial charge in [-0.3, -0.25) is 4.79 Å². The number of nitrogens with one attached hydrogen (secondary N) is 1. The fourth-order valence-electron chi connectivity index (χ4n) is 1.16. The molecule has 1 heterocycles. The second-order valence-electron chi connectivity index (χ2n) is 4.00. The van der Waals surface area contributed by atoms with Crippen molar-refractivity contribution >= 4 is 11.7 Å². The Bertz CT molecular complexity index is 407. The van der Waals surface area contributed by atoms with Crippen molar-refractivity contribution in [3.8, 4) is 0 Å². The zero-order valence-corrected chi connectivity index (χ0v) is 10.2. The Morgan fingerprint density at radius 1 is 1.50 bits per heavy atom. The highest BCUT2D eigenvalue weighted by Crippen LogP contribution is 2.13. The number of alkyl halides is 2. The van der Waals surface area contributed by atoms with Crippen molar-refractivity contribution in [2.75, 3.05) is 32.6 Å². The standard InChI is InChI=1S/C11H15F2N3O2/c1-16(2)10(18)8-3-4-9(14-5-8)15-6-11(12,13)7-17/h3-5,17H,6-7H2,1-2H3,(H,14,15). The van der Waals surface area contributed by atoms with Gasteiger partial charge in [-0.2, -0.15) is 0 Å². The molecule has 0 aliphatic carbocycles. The Morgan fingerprint density at radius 2 is 2.17 bits per heavy atom. The minimum atomic E-state index is -3.19. The molecule has 0 saturated heterocycles. The first-order valence-corrected chi connectivity index (χ1v) is 5.26. The number of hydrogen-bond donors (Lipinski definition) is 2. The van der Waals surface area contributed by atoms with Crippen LogP contribution in [0, 0.1) is 0 Å². The van der Waals surface area contributed by atoms with E-state index >= 15 is 0 Å². The van der Waals surface area contributed by atoms with E-state index in [0.29, 0.717) is 5.56 Å². The predicted octanol–water partition coefficient (Wildman–Crippen LogP) is 0.823. The van der Waals surface area contributed by atoms with Crippen LogP contribution in [0.5, 0.6) is 0 Å². The van der Waals surface area contributed by atoms with E-state index in [1.807, 2.05) is 0 Å². The number of anilines is 1. The molecule has 2 N–H and O–H groups in total. The Hall–Kier alpha value is -1.76. The second kappa shape index (κ2) is 5.72. The van der Waals surface area contributed by atoms with Crippen LogP contribution in [0.4, 0.5) is 14.6 Å². The maximum absolute atomic E-state index is 12.8. The first kappa shape index (κ1) is 14.3. The number of carbonyl (C=O) groups is 1. The number of aromatic nitrogens is 1. The lowest BCUT2D eigenvalue weighted by molar-refractivity contribution is -0.0373. The summed E-state index contributed by atoms with van der Waals surface area (Å²) in [6.45, 7) is -1.94. The van der Waals surface area contributed by atoms with Gasteiger partial charge in [0.25, 0.3) is 11.8 Å². The molecule has 5 nitrogen and oxygen atoms in total. The first-order valence-electron chi connectivity index (χ1n) is 5.26. The highest BCUT2D eigenvalue weighted by molar-refractivity contribution is 5.93. The van der Waals surface area contributed by atoms with Gasteiger partial charge in [0.15, 0.2) is 0 Å².